The van der Waals surface area contributed by atoms with E-state index in [2.05, 4.69) is 0 Å². The van der Waals surface area contributed by atoms with Crippen molar-refractivity contribution in [3.05, 3.63) is 0 Å². The van der Waals surface area contributed by atoms with Gasteiger partial charge in [-0.3, -0.25) is 4.79 Å². The SMILES string of the molecule is CC(=O)O.O=P([O-])([O-])[O-].[Al+3]. The van der Waals surface area contributed by atoms with E-state index >= 15 is 0 Å². The Morgan fingerprint density at radius 2 is 1.40 bits per heavy atom. The molecular weight excluding hydrogens is 178 g/mol. The van der Waals surface area contributed by atoms with Crippen LogP contribution in [-0.4, -0.2) is 28.4 Å². The molecule has 56 valence electrons. The third kappa shape index (κ3) is 32400. The molecule has 0 saturated carbocycles. The predicted octanol–water partition coefficient (Wildman–Crippen LogP) is -3.11. The van der Waals surface area contributed by atoms with E-state index in [0.29, 0.717) is 0 Å². The molecule has 1 N–H and O–H groups in total. The topological polar surface area (TPSA) is 124 Å². The first-order valence-electron chi connectivity index (χ1n) is 1.66. The van der Waals surface area contributed by atoms with Gasteiger partial charge in [-0.05, 0) is 0 Å². The van der Waals surface area contributed by atoms with Crippen molar-refractivity contribution in [2.24, 2.45) is 0 Å². The van der Waals surface area contributed by atoms with Gasteiger partial charge in [0.15, 0.2) is 0 Å². The van der Waals surface area contributed by atoms with E-state index in [1.807, 2.05) is 0 Å². The van der Waals surface area contributed by atoms with Crippen LogP contribution in [-0.2, 0) is 9.36 Å². The maximum Gasteiger partial charge on any atom is 3.00 e. The van der Waals surface area contributed by atoms with Crippen LogP contribution in [0.1, 0.15) is 6.92 Å². The number of phosphoric acid groups is 1. The number of carboxylic acids is 1. The first-order chi connectivity index (χ1) is 3.73. The van der Waals surface area contributed by atoms with Gasteiger partial charge in [0, 0.05) is 6.92 Å². The molecule has 0 aromatic rings. The van der Waals surface area contributed by atoms with E-state index in [1.54, 1.807) is 0 Å². The zero-order valence-corrected chi connectivity index (χ0v) is 7.06. The molecule has 0 aromatic carbocycles. The number of rotatable bonds is 0. The Balaban J connectivity index is -0.0000000910. The molecule has 0 heterocycles. The van der Waals surface area contributed by atoms with Crippen LogP contribution < -0.4 is 14.7 Å². The number of carboxylic acid groups (broad SMARTS) is 1. The Labute approximate surface area is 67.9 Å². The summed E-state index contributed by atoms with van der Waals surface area (Å²) in [4.78, 5) is 34.6. The van der Waals surface area contributed by atoms with Crippen LogP contribution in [0, 0.1) is 0 Å². The van der Waals surface area contributed by atoms with Crippen LogP contribution in [0.25, 0.3) is 0 Å². The molecule has 0 rings (SSSR count). The third-order valence-corrected chi connectivity index (χ3v) is 0. The zero-order valence-electron chi connectivity index (χ0n) is 5.01. The van der Waals surface area contributed by atoms with E-state index in [9.17, 15) is 0 Å². The van der Waals surface area contributed by atoms with Crippen molar-refractivity contribution in [2.45, 2.75) is 6.92 Å². The molecule has 8 heteroatoms. The first-order valence-corrected chi connectivity index (χ1v) is 3.12. The number of carbonyl (C=O) groups is 1. The third-order valence-electron chi connectivity index (χ3n) is 0. The molecular formula is C2H4AlO6P. The van der Waals surface area contributed by atoms with Crippen LogP contribution in [0.3, 0.4) is 0 Å². The molecule has 0 unspecified atom stereocenters. The zero-order chi connectivity index (χ0) is 8.08. The molecule has 0 saturated heterocycles. The summed E-state index contributed by atoms with van der Waals surface area (Å²) >= 11 is 0. The van der Waals surface area contributed by atoms with Crippen LogP contribution >= 0.6 is 7.82 Å². The van der Waals surface area contributed by atoms with Crippen molar-refractivity contribution in [3.63, 3.8) is 0 Å². The predicted molar refractivity (Wildman–Crippen MR) is 26.7 cm³/mol. The largest absolute Gasteiger partial charge is 3.00 e. The fraction of sp³-hybridized carbons (Fsp3) is 0.500. The summed E-state index contributed by atoms with van der Waals surface area (Å²) in [7, 11) is -5.39. The van der Waals surface area contributed by atoms with E-state index in [-0.39, 0.29) is 17.4 Å². The van der Waals surface area contributed by atoms with E-state index in [0.717, 1.165) is 6.92 Å². The number of hydrogen-bond acceptors (Lipinski definition) is 5. The molecule has 0 radical (unpaired) electrons. The van der Waals surface area contributed by atoms with Gasteiger partial charge in [-0.2, -0.15) is 7.82 Å². The first kappa shape index (κ1) is 16.6. The van der Waals surface area contributed by atoms with Crippen LogP contribution in [0.5, 0.6) is 0 Å². The monoisotopic (exact) mass is 182 g/mol. The van der Waals surface area contributed by atoms with Crippen LogP contribution in [0.2, 0.25) is 0 Å². The number of hydrogen-bond donors (Lipinski definition) is 1. The summed E-state index contributed by atoms with van der Waals surface area (Å²) in [6.07, 6.45) is 0. The number of aliphatic carboxylic acids is 1. The van der Waals surface area contributed by atoms with Crippen molar-refractivity contribution >= 4 is 31.2 Å². The van der Waals surface area contributed by atoms with Gasteiger partial charge < -0.3 is 24.4 Å². The average molecular weight is 182 g/mol. The van der Waals surface area contributed by atoms with Crippen molar-refractivity contribution in [2.75, 3.05) is 0 Å². The average Bonchev–Trinajstić information content (AvgIpc) is 1.19. The van der Waals surface area contributed by atoms with Gasteiger partial charge in [0.1, 0.15) is 0 Å². The Kier molecular flexibility index (Phi) is 12.0. The Morgan fingerprint density at radius 1 is 1.40 bits per heavy atom. The Bertz CT molecular complexity index is 115. The van der Waals surface area contributed by atoms with E-state index < -0.39 is 13.8 Å². The molecule has 0 aliphatic heterocycles. The van der Waals surface area contributed by atoms with Crippen molar-refractivity contribution in [3.8, 4) is 0 Å². The van der Waals surface area contributed by atoms with Gasteiger partial charge >= 0.3 is 17.4 Å². The van der Waals surface area contributed by atoms with E-state index in [4.69, 9.17) is 29.1 Å². The fourth-order valence-corrected chi connectivity index (χ4v) is 0. The summed E-state index contributed by atoms with van der Waals surface area (Å²) in [5, 5.41) is 7.42. The minimum absolute atomic E-state index is 0. The van der Waals surface area contributed by atoms with Gasteiger partial charge in [-0.15, -0.1) is 0 Å². The minimum atomic E-state index is -5.39. The Hall–Kier alpha value is 0.112. The molecule has 0 amide bonds. The maximum absolute atomic E-state index is 9.00. The molecule has 0 bridgehead atoms. The molecule has 10 heavy (non-hydrogen) atoms. The molecule has 0 fully saturated rings. The smallest absolute Gasteiger partial charge is 0.822 e. The van der Waals surface area contributed by atoms with Crippen molar-refractivity contribution in [1.29, 1.82) is 0 Å². The molecule has 0 spiro atoms. The summed E-state index contributed by atoms with van der Waals surface area (Å²) < 4.78 is 8.55. The molecule has 6 nitrogen and oxygen atoms in total. The minimum Gasteiger partial charge on any atom is -0.822 e. The fourth-order valence-electron chi connectivity index (χ4n) is 0. The molecule has 0 aliphatic carbocycles. The van der Waals surface area contributed by atoms with Gasteiger partial charge in [0.05, 0.1) is 0 Å². The quantitative estimate of drug-likeness (QED) is 0.312. The van der Waals surface area contributed by atoms with Gasteiger partial charge in [-0.1, -0.05) is 0 Å². The maximum atomic E-state index is 9.00. The van der Waals surface area contributed by atoms with E-state index in [1.165, 1.54) is 0 Å². The van der Waals surface area contributed by atoms with Crippen LogP contribution in [0.15, 0.2) is 0 Å². The van der Waals surface area contributed by atoms with Crippen molar-refractivity contribution < 1.29 is 29.1 Å². The van der Waals surface area contributed by atoms with Gasteiger partial charge in [-0.25, -0.2) is 0 Å². The molecule has 0 aromatic heterocycles. The normalized spacial score (nSPS) is 8.40. The second-order valence-corrected chi connectivity index (χ2v) is 1.86. The van der Waals surface area contributed by atoms with Crippen molar-refractivity contribution in [1.82, 2.24) is 0 Å². The summed E-state index contributed by atoms with van der Waals surface area (Å²) in [5.74, 6) is -0.833. The second-order valence-electron chi connectivity index (χ2n) is 0.966. The van der Waals surface area contributed by atoms with Crippen LogP contribution in [0.4, 0.5) is 0 Å². The van der Waals surface area contributed by atoms with Gasteiger partial charge in [0.25, 0.3) is 5.97 Å². The van der Waals surface area contributed by atoms with Gasteiger partial charge in [0.2, 0.25) is 0 Å². The standard InChI is InChI=1S/C2H4O2.Al.H3O4P/c1-2(3)4;;1-5(2,3)4/h1H3,(H,3,4);;(H3,1,2,3,4)/q;+3;/p-3. The molecule has 0 atom stereocenters. The Morgan fingerprint density at radius 3 is 1.40 bits per heavy atom. The summed E-state index contributed by atoms with van der Waals surface area (Å²) in [6.45, 7) is 1.08. The second kappa shape index (κ2) is 7.22. The summed E-state index contributed by atoms with van der Waals surface area (Å²) in [5.41, 5.74) is 0. The molecule has 0 aliphatic rings. The summed E-state index contributed by atoms with van der Waals surface area (Å²) in [6, 6.07) is 0.